The Morgan fingerprint density at radius 3 is 1.97 bits per heavy atom. The molecule has 0 amide bonds. The molecule has 13 heteroatoms. The standard InChI is InChI=1S/C10H10INO4.C6H3FINO2.C4H8O2/c11-7-1-2-10(9(5-7)12(13)14)16-8-3-4-15-6-8;7-5-2-1-4(8)3-6(5)9(10)11;5-4-1-2-6-3-4/h1-2,5,8H,3-4,6H2;1-3H;4-5H,1-3H2/t8-;;4-/m0.0/s1. The molecule has 4 rings (SSSR count). The van der Waals surface area contributed by atoms with Crippen molar-refractivity contribution >= 4 is 56.6 Å². The Morgan fingerprint density at radius 1 is 0.939 bits per heavy atom. The summed E-state index contributed by atoms with van der Waals surface area (Å²) in [5.74, 6) is -0.476. The van der Waals surface area contributed by atoms with Gasteiger partial charge < -0.3 is 19.3 Å². The average molecular weight is 690 g/mol. The molecule has 2 heterocycles. The third-order valence-electron chi connectivity index (χ3n) is 4.31. The predicted octanol–water partition coefficient (Wildman–Crippen LogP) is 4.47. The van der Waals surface area contributed by atoms with Gasteiger partial charge in [0.25, 0.3) is 0 Å². The van der Waals surface area contributed by atoms with E-state index in [1.54, 1.807) is 12.1 Å². The molecule has 2 fully saturated rings. The van der Waals surface area contributed by atoms with E-state index >= 15 is 0 Å². The minimum Gasteiger partial charge on any atom is -0.481 e. The van der Waals surface area contributed by atoms with Crippen molar-refractivity contribution in [1.29, 1.82) is 0 Å². The van der Waals surface area contributed by atoms with E-state index in [0.717, 1.165) is 29.1 Å². The van der Waals surface area contributed by atoms with Gasteiger partial charge in [0.2, 0.25) is 5.82 Å². The van der Waals surface area contributed by atoms with Crippen LogP contribution in [0.4, 0.5) is 15.8 Å². The second-order valence-electron chi connectivity index (χ2n) is 6.84. The first-order valence-electron chi connectivity index (χ1n) is 9.71. The Hall–Kier alpha value is -1.69. The van der Waals surface area contributed by atoms with Crippen LogP contribution >= 0.6 is 45.2 Å². The Labute approximate surface area is 216 Å². The molecule has 33 heavy (non-hydrogen) atoms. The number of benzene rings is 2. The fourth-order valence-corrected chi connectivity index (χ4v) is 3.62. The van der Waals surface area contributed by atoms with Gasteiger partial charge in [-0.3, -0.25) is 20.2 Å². The van der Waals surface area contributed by atoms with Crippen molar-refractivity contribution in [2.75, 3.05) is 26.4 Å². The average Bonchev–Trinajstić information content (AvgIpc) is 3.46. The van der Waals surface area contributed by atoms with E-state index in [2.05, 4.69) is 0 Å². The van der Waals surface area contributed by atoms with Crippen molar-refractivity contribution in [2.24, 2.45) is 0 Å². The third-order valence-corrected chi connectivity index (χ3v) is 5.65. The molecule has 2 saturated heterocycles. The van der Waals surface area contributed by atoms with Crippen LogP contribution in [0.2, 0.25) is 0 Å². The predicted molar refractivity (Wildman–Crippen MR) is 133 cm³/mol. The molecule has 0 bridgehead atoms. The highest BCUT2D eigenvalue weighted by Gasteiger charge is 2.22. The molecule has 10 nitrogen and oxygen atoms in total. The second kappa shape index (κ2) is 13.9. The van der Waals surface area contributed by atoms with E-state index in [1.807, 2.05) is 45.2 Å². The maximum atomic E-state index is 12.6. The quantitative estimate of drug-likeness (QED) is 0.282. The van der Waals surface area contributed by atoms with Gasteiger partial charge in [-0.15, -0.1) is 0 Å². The molecule has 2 aromatic carbocycles. The smallest absolute Gasteiger partial charge is 0.311 e. The van der Waals surface area contributed by atoms with E-state index in [0.29, 0.717) is 29.1 Å². The van der Waals surface area contributed by atoms with Crippen LogP contribution in [0.1, 0.15) is 12.8 Å². The van der Waals surface area contributed by atoms with Gasteiger partial charge in [0.05, 0.1) is 35.8 Å². The van der Waals surface area contributed by atoms with Gasteiger partial charge in [0.15, 0.2) is 5.75 Å². The molecule has 2 atom stereocenters. The summed E-state index contributed by atoms with van der Waals surface area (Å²) in [7, 11) is 0. The van der Waals surface area contributed by atoms with E-state index in [1.165, 1.54) is 18.2 Å². The maximum Gasteiger partial charge on any atom is 0.311 e. The molecular weight excluding hydrogens is 669 g/mol. The Morgan fingerprint density at radius 2 is 1.52 bits per heavy atom. The molecule has 0 radical (unpaired) electrons. The van der Waals surface area contributed by atoms with Crippen LogP contribution in [0.3, 0.4) is 0 Å². The molecule has 0 saturated carbocycles. The largest absolute Gasteiger partial charge is 0.481 e. The highest BCUT2D eigenvalue weighted by atomic mass is 127. The van der Waals surface area contributed by atoms with Crippen molar-refractivity contribution in [3.05, 3.63) is 69.6 Å². The van der Waals surface area contributed by atoms with Crippen molar-refractivity contribution in [3.63, 3.8) is 0 Å². The lowest BCUT2D eigenvalue weighted by Crippen LogP contribution is -2.16. The number of nitro groups is 2. The zero-order valence-electron chi connectivity index (χ0n) is 17.2. The summed E-state index contributed by atoms with van der Waals surface area (Å²) in [6, 6.07) is 8.68. The fourth-order valence-electron chi connectivity index (χ4n) is 2.67. The van der Waals surface area contributed by atoms with Crippen LogP contribution in [0.5, 0.6) is 5.75 Å². The van der Waals surface area contributed by atoms with Gasteiger partial charge in [0, 0.05) is 32.3 Å². The normalized spacial score (nSPS) is 19.0. The number of aliphatic hydroxyl groups excluding tert-OH is 1. The molecule has 0 aliphatic carbocycles. The topological polar surface area (TPSA) is 134 Å². The van der Waals surface area contributed by atoms with Gasteiger partial charge in [-0.05, 0) is 75.9 Å². The SMILES string of the molecule is O=[N+]([O-])c1cc(I)ccc1F.O=[N+]([O-])c1cc(I)ccc1O[C@H]1CCOC1.O[C@H]1CCOC1. The first kappa shape index (κ1) is 27.6. The Bertz CT molecular complexity index is 954. The van der Waals surface area contributed by atoms with Crippen molar-refractivity contribution in [3.8, 4) is 5.75 Å². The van der Waals surface area contributed by atoms with Crippen LogP contribution in [-0.4, -0.2) is 53.6 Å². The second-order valence-corrected chi connectivity index (χ2v) is 9.33. The highest BCUT2D eigenvalue weighted by Crippen LogP contribution is 2.30. The molecule has 1 N–H and O–H groups in total. The molecular formula is C20H21FI2N2O8. The number of nitrogens with zero attached hydrogens (tertiary/aromatic N) is 2. The van der Waals surface area contributed by atoms with Crippen LogP contribution in [0.25, 0.3) is 0 Å². The van der Waals surface area contributed by atoms with Gasteiger partial charge in [-0.1, -0.05) is 0 Å². The van der Waals surface area contributed by atoms with Crippen LogP contribution in [0, 0.1) is 33.2 Å². The van der Waals surface area contributed by atoms with Crippen LogP contribution < -0.4 is 4.74 Å². The lowest BCUT2D eigenvalue weighted by atomic mass is 10.2. The van der Waals surface area contributed by atoms with E-state index < -0.39 is 21.4 Å². The summed E-state index contributed by atoms with van der Waals surface area (Å²) >= 11 is 3.92. The van der Waals surface area contributed by atoms with Crippen molar-refractivity contribution in [1.82, 2.24) is 0 Å². The fraction of sp³-hybridized carbons (Fsp3) is 0.400. The molecule has 0 unspecified atom stereocenters. The number of ether oxygens (including phenoxy) is 3. The number of rotatable bonds is 4. The molecule has 2 aliphatic heterocycles. The van der Waals surface area contributed by atoms with Crippen molar-refractivity contribution < 1.29 is 33.6 Å². The minimum absolute atomic E-state index is 0.0128. The number of aliphatic hydroxyl groups is 1. The van der Waals surface area contributed by atoms with Crippen LogP contribution in [0.15, 0.2) is 36.4 Å². The summed E-state index contributed by atoms with van der Waals surface area (Å²) in [6.45, 7) is 2.44. The summed E-state index contributed by atoms with van der Waals surface area (Å²) in [6.07, 6.45) is 1.35. The monoisotopic (exact) mass is 690 g/mol. The van der Waals surface area contributed by atoms with E-state index in [9.17, 15) is 24.6 Å². The maximum absolute atomic E-state index is 12.6. The molecule has 2 aromatic rings. The Kier molecular flexibility index (Phi) is 11.6. The van der Waals surface area contributed by atoms with E-state index in [4.69, 9.17) is 19.3 Å². The number of hydrogen-bond acceptors (Lipinski definition) is 8. The lowest BCUT2D eigenvalue weighted by molar-refractivity contribution is -0.387. The number of halogens is 3. The first-order valence-corrected chi connectivity index (χ1v) is 11.9. The van der Waals surface area contributed by atoms with Gasteiger partial charge in [-0.25, -0.2) is 0 Å². The molecule has 2 aliphatic rings. The van der Waals surface area contributed by atoms with E-state index in [-0.39, 0.29) is 17.9 Å². The summed E-state index contributed by atoms with van der Waals surface area (Å²) in [5, 5.41) is 29.6. The van der Waals surface area contributed by atoms with Gasteiger partial charge >= 0.3 is 11.4 Å². The third kappa shape index (κ3) is 9.60. The summed E-state index contributed by atoms with van der Waals surface area (Å²) in [4.78, 5) is 19.8. The summed E-state index contributed by atoms with van der Waals surface area (Å²) in [5.41, 5.74) is -0.462. The molecule has 0 aromatic heterocycles. The first-order chi connectivity index (χ1) is 15.7. The highest BCUT2D eigenvalue weighted by molar-refractivity contribution is 14.1. The van der Waals surface area contributed by atoms with Gasteiger partial charge in [-0.2, -0.15) is 4.39 Å². The van der Waals surface area contributed by atoms with Crippen LogP contribution in [-0.2, 0) is 9.47 Å². The van der Waals surface area contributed by atoms with Gasteiger partial charge in [0.1, 0.15) is 6.10 Å². The number of nitro benzene ring substituents is 2. The van der Waals surface area contributed by atoms with Crippen molar-refractivity contribution in [2.45, 2.75) is 25.0 Å². The molecule has 180 valence electrons. The zero-order chi connectivity index (χ0) is 24.4. The lowest BCUT2D eigenvalue weighted by Gasteiger charge is -2.11. The minimum atomic E-state index is -0.796. The zero-order valence-corrected chi connectivity index (χ0v) is 21.5. The Balaban J connectivity index is 0.000000195. The molecule has 0 spiro atoms. The number of hydrogen-bond donors (Lipinski definition) is 1. The summed E-state index contributed by atoms with van der Waals surface area (Å²) < 4.78 is 29.6.